The first-order valence-corrected chi connectivity index (χ1v) is 8.88. The van der Waals surface area contributed by atoms with Crippen LogP contribution in [-0.2, 0) is 13.6 Å². The molecular weight excluding hydrogens is 362 g/mol. The number of nitrogens with zero attached hydrogens (tertiary/aromatic N) is 2. The molecule has 0 aliphatic rings. The van der Waals surface area contributed by atoms with Gasteiger partial charge in [0.1, 0.15) is 0 Å². The van der Waals surface area contributed by atoms with Gasteiger partial charge in [-0.3, -0.25) is 0 Å². The topological polar surface area (TPSA) is 39.1 Å². The standard InChI is InChI=1S/C16H22BrN3OS/c1-11(22-14-7-5-13(17)6-8-14)9-18-10-15-12(2)19-20(3)16(15)21-4/h5-8,11,18H,9-10H2,1-4H3. The van der Waals surface area contributed by atoms with Crippen LogP contribution in [0.25, 0.3) is 0 Å². The molecule has 2 rings (SSSR count). The van der Waals surface area contributed by atoms with Crippen molar-refractivity contribution in [2.24, 2.45) is 7.05 Å². The van der Waals surface area contributed by atoms with Crippen LogP contribution in [0.15, 0.2) is 33.6 Å². The number of thioether (sulfide) groups is 1. The second-order valence-electron chi connectivity index (χ2n) is 5.21. The third kappa shape index (κ3) is 4.51. The Morgan fingerprint density at radius 1 is 1.36 bits per heavy atom. The summed E-state index contributed by atoms with van der Waals surface area (Å²) in [5, 5.41) is 8.39. The van der Waals surface area contributed by atoms with Gasteiger partial charge in [0.05, 0.1) is 18.4 Å². The molecule has 1 N–H and O–H groups in total. The number of ether oxygens (including phenoxy) is 1. The van der Waals surface area contributed by atoms with Crippen molar-refractivity contribution in [2.75, 3.05) is 13.7 Å². The highest BCUT2D eigenvalue weighted by molar-refractivity contribution is 9.10. The van der Waals surface area contributed by atoms with Gasteiger partial charge in [-0.2, -0.15) is 5.10 Å². The van der Waals surface area contributed by atoms with E-state index in [1.807, 2.05) is 25.7 Å². The van der Waals surface area contributed by atoms with Crippen LogP contribution in [0.1, 0.15) is 18.2 Å². The lowest BCUT2D eigenvalue weighted by molar-refractivity contribution is 0.368. The predicted octanol–water partition coefficient (Wildman–Crippen LogP) is 3.77. The second kappa shape index (κ2) is 8.04. The quantitative estimate of drug-likeness (QED) is 0.738. The van der Waals surface area contributed by atoms with Crippen molar-refractivity contribution in [1.82, 2.24) is 15.1 Å². The summed E-state index contributed by atoms with van der Waals surface area (Å²) in [6.07, 6.45) is 0. The van der Waals surface area contributed by atoms with Crippen molar-refractivity contribution in [1.29, 1.82) is 0 Å². The van der Waals surface area contributed by atoms with E-state index in [-0.39, 0.29) is 0 Å². The molecular formula is C16H22BrN3OS. The maximum atomic E-state index is 5.41. The molecule has 22 heavy (non-hydrogen) atoms. The van der Waals surface area contributed by atoms with Gasteiger partial charge in [0.2, 0.25) is 5.88 Å². The molecule has 4 nitrogen and oxygen atoms in total. The van der Waals surface area contributed by atoms with E-state index in [2.05, 4.69) is 57.5 Å². The van der Waals surface area contributed by atoms with Crippen molar-refractivity contribution in [3.63, 3.8) is 0 Å². The van der Waals surface area contributed by atoms with E-state index in [0.717, 1.165) is 34.7 Å². The molecule has 0 aliphatic heterocycles. The maximum Gasteiger partial charge on any atom is 0.216 e. The zero-order valence-corrected chi connectivity index (χ0v) is 15.8. The van der Waals surface area contributed by atoms with Crippen molar-refractivity contribution < 1.29 is 4.74 Å². The van der Waals surface area contributed by atoms with Crippen molar-refractivity contribution >= 4 is 27.7 Å². The molecule has 0 radical (unpaired) electrons. The van der Waals surface area contributed by atoms with E-state index in [1.165, 1.54) is 4.90 Å². The van der Waals surface area contributed by atoms with Crippen molar-refractivity contribution in [3.05, 3.63) is 40.0 Å². The molecule has 1 atom stereocenters. The minimum Gasteiger partial charge on any atom is -0.481 e. The molecule has 0 spiro atoms. The average Bonchev–Trinajstić information content (AvgIpc) is 2.75. The van der Waals surface area contributed by atoms with Gasteiger partial charge in [0, 0.05) is 34.8 Å². The third-order valence-electron chi connectivity index (χ3n) is 3.37. The lowest BCUT2D eigenvalue weighted by atomic mass is 10.2. The molecule has 0 saturated carbocycles. The SMILES string of the molecule is COc1c(CNCC(C)Sc2ccc(Br)cc2)c(C)nn1C. The molecule has 1 aromatic carbocycles. The Balaban J connectivity index is 1.84. The summed E-state index contributed by atoms with van der Waals surface area (Å²) in [6.45, 7) is 5.94. The van der Waals surface area contributed by atoms with Gasteiger partial charge in [-0.15, -0.1) is 11.8 Å². The monoisotopic (exact) mass is 383 g/mol. The first kappa shape index (κ1) is 17.4. The van der Waals surface area contributed by atoms with Gasteiger partial charge >= 0.3 is 0 Å². The number of aryl methyl sites for hydroxylation is 2. The Labute approximate surface area is 144 Å². The van der Waals surface area contributed by atoms with Gasteiger partial charge in [-0.05, 0) is 31.2 Å². The summed E-state index contributed by atoms with van der Waals surface area (Å²) < 4.78 is 8.31. The lowest BCUT2D eigenvalue weighted by Crippen LogP contribution is -2.22. The summed E-state index contributed by atoms with van der Waals surface area (Å²) in [5.41, 5.74) is 2.14. The van der Waals surface area contributed by atoms with Crippen LogP contribution < -0.4 is 10.1 Å². The first-order valence-electron chi connectivity index (χ1n) is 7.20. The fraction of sp³-hybridized carbons (Fsp3) is 0.438. The van der Waals surface area contributed by atoms with Gasteiger partial charge < -0.3 is 10.1 Å². The summed E-state index contributed by atoms with van der Waals surface area (Å²) in [6, 6.07) is 8.43. The predicted molar refractivity (Wildman–Crippen MR) is 95.7 cm³/mol. The van der Waals surface area contributed by atoms with Gasteiger partial charge in [-0.1, -0.05) is 22.9 Å². The van der Waals surface area contributed by atoms with Crippen LogP contribution in [0, 0.1) is 6.92 Å². The van der Waals surface area contributed by atoms with E-state index in [0.29, 0.717) is 5.25 Å². The number of benzene rings is 1. The summed E-state index contributed by atoms with van der Waals surface area (Å²) >= 11 is 5.33. The molecule has 0 amide bonds. The Morgan fingerprint density at radius 2 is 2.05 bits per heavy atom. The highest BCUT2D eigenvalue weighted by Crippen LogP contribution is 2.25. The maximum absolute atomic E-state index is 5.41. The number of methoxy groups -OCH3 is 1. The molecule has 0 fully saturated rings. The molecule has 1 aromatic heterocycles. The normalized spacial score (nSPS) is 12.4. The van der Waals surface area contributed by atoms with Crippen LogP contribution in [0.5, 0.6) is 5.88 Å². The number of hydrogen-bond acceptors (Lipinski definition) is 4. The summed E-state index contributed by atoms with van der Waals surface area (Å²) in [4.78, 5) is 1.28. The van der Waals surface area contributed by atoms with Crippen molar-refractivity contribution in [2.45, 2.75) is 30.5 Å². The van der Waals surface area contributed by atoms with Crippen LogP contribution in [0.2, 0.25) is 0 Å². The number of halogens is 1. The number of rotatable bonds is 7. The van der Waals surface area contributed by atoms with E-state index in [9.17, 15) is 0 Å². The van der Waals surface area contributed by atoms with Crippen LogP contribution in [0.3, 0.4) is 0 Å². The van der Waals surface area contributed by atoms with Crippen LogP contribution in [-0.4, -0.2) is 28.7 Å². The highest BCUT2D eigenvalue weighted by Gasteiger charge is 2.13. The largest absolute Gasteiger partial charge is 0.481 e. The zero-order valence-electron chi connectivity index (χ0n) is 13.4. The van der Waals surface area contributed by atoms with E-state index >= 15 is 0 Å². The van der Waals surface area contributed by atoms with Crippen LogP contribution in [0.4, 0.5) is 0 Å². The lowest BCUT2D eigenvalue weighted by Gasteiger charge is -2.13. The van der Waals surface area contributed by atoms with Gasteiger partial charge in [0.25, 0.3) is 0 Å². The molecule has 0 bridgehead atoms. The minimum absolute atomic E-state index is 0.490. The highest BCUT2D eigenvalue weighted by atomic mass is 79.9. The van der Waals surface area contributed by atoms with E-state index in [4.69, 9.17) is 4.74 Å². The number of aromatic nitrogens is 2. The second-order valence-corrected chi connectivity index (χ2v) is 7.64. The average molecular weight is 384 g/mol. The Hall–Kier alpha value is -0.980. The van der Waals surface area contributed by atoms with Gasteiger partial charge in [-0.25, -0.2) is 4.68 Å². The fourth-order valence-electron chi connectivity index (χ4n) is 2.33. The van der Waals surface area contributed by atoms with Gasteiger partial charge in [0.15, 0.2) is 0 Å². The molecule has 1 unspecified atom stereocenters. The van der Waals surface area contributed by atoms with Crippen LogP contribution >= 0.6 is 27.7 Å². The van der Waals surface area contributed by atoms with E-state index in [1.54, 1.807) is 11.8 Å². The minimum atomic E-state index is 0.490. The molecule has 2 aromatic rings. The summed E-state index contributed by atoms with van der Waals surface area (Å²) in [5.74, 6) is 0.832. The third-order valence-corrected chi connectivity index (χ3v) is 5.01. The Morgan fingerprint density at radius 3 is 2.68 bits per heavy atom. The molecule has 6 heteroatoms. The molecule has 1 heterocycles. The number of nitrogens with one attached hydrogen (secondary N) is 1. The smallest absolute Gasteiger partial charge is 0.216 e. The Bertz CT molecular complexity index is 613. The van der Waals surface area contributed by atoms with Crippen molar-refractivity contribution in [3.8, 4) is 5.88 Å². The zero-order chi connectivity index (χ0) is 16.1. The summed E-state index contributed by atoms with van der Waals surface area (Å²) in [7, 11) is 3.59. The van der Waals surface area contributed by atoms with E-state index < -0.39 is 0 Å². The molecule has 0 saturated heterocycles. The fourth-order valence-corrected chi connectivity index (χ4v) is 3.55. The molecule has 0 aliphatic carbocycles. The molecule has 120 valence electrons. The Kier molecular flexibility index (Phi) is 6.35. The first-order chi connectivity index (χ1) is 10.5. The number of hydrogen-bond donors (Lipinski definition) is 1.